The Morgan fingerprint density at radius 2 is 1.81 bits per heavy atom. The van der Waals surface area contributed by atoms with Crippen molar-refractivity contribution in [3.05, 3.63) is 0 Å². The van der Waals surface area contributed by atoms with Crippen LogP contribution in [0.15, 0.2) is 0 Å². The number of hydrogen-bond acceptors (Lipinski definition) is 2. The summed E-state index contributed by atoms with van der Waals surface area (Å²) in [4.78, 5) is 10.7. The van der Waals surface area contributed by atoms with Gasteiger partial charge in [-0.3, -0.25) is 4.79 Å². The van der Waals surface area contributed by atoms with Gasteiger partial charge in [0, 0.05) is 0 Å². The predicted molar refractivity (Wildman–Crippen MR) is 56.8 cm³/mol. The van der Waals surface area contributed by atoms with Crippen molar-refractivity contribution in [1.82, 2.24) is 4.90 Å². The fraction of sp³-hybridized carbons (Fsp3) is 0.900. The molecule has 3 nitrogen and oxygen atoms in total. The van der Waals surface area contributed by atoms with Gasteiger partial charge >= 0.3 is 86.7 Å². The van der Waals surface area contributed by atoms with Gasteiger partial charge in [0.15, 0.2) is 0 Å². The second kappa shape index (κ2) is 5.99. The molecule has 1 heterocycles. The summed E-state index contributed by atoms with van der Waals surface area (Å²) in [7, 11) is 0. The van der Waals surface area contributed by atoms with Crippen LogP contribution in [0.5, 0.6) is 0 Å². The number of rotatable bonds is 1. The number of alkyl halides is 2. The minimum atomic E-state index is -2.37. The molecule has 0 spiro atoms. The summed E-state index contributed by atoms with van der Waals surface area (Å²) in [6.45, 7) is 0.872. The van der Waals surface area contributed by atoms with Crippen molar-refractivity contribution in [3.8, 4) is 0 Å². The Hall–Kier alpha value is -0.113. The van der Waals surface area contributed by atoms with Crippen molar-refractivity contribution in [2.75, 3.05) is 6.54 Å². The average Bonchev–Trinajstić information content (AvgIpc) is 2.20. The number of likely N-dealkylation sites (tertiary alicyclic amines) is 1. The topological polar surface area (TPSA) is 40.5 Å². The van der Waals surface area contributed by atoms with Crippen LogP contribution in [0.2, 0.25) is 0 Å². The average molecular weight is 227 g/mol. The molecular formula is C10H16F2LiNO2. The number of nitrogens with zero attached hydrogens (tertiary/aromatic N) is 1. The minimum absolute atomic E-state index is 0.0981. The first-order valence-corrected chi connectivity index (χ1v) is 5.71. The van der Waals surface area contributed by atoms with Crippen LogP contribution in [-0.4, -0.2) is 57.4 Å². The van der Waals surface area contributed by atoms with Crippen LogP contribution in [0.3, 0.4) is 0 Å². The van der Waals surface area contributed by atoms with Crippen molar-refractivity contribution >= 4 is 24.2 Å². The molecule has 6 heteroatoms. The molecule has 0 amide bonds. The van der Waals surface area contributed by atoms with E-state index in [9.17, 15) is 8.78 Å². The van der Waals surface area contributed by atoms with Crippen LogP contribution in [0.4, 0.5) is 8.78 Å². The molecule has 1 unspecified atom stereocenters. The van der Waals surface area contributed by atoms with Crippen LogP contribution in [-0.2, 0) is 4.79 Å². The Labute approximate surface area is 103 Å². The fourth-order valence-electron chi connectivity index (χ4n) is 2.44. The summed E-state index contributed by atoms with van der Waals surface area (Å²) in [5.41, 5.74) is 0. The molecule has 1 saturated carbocycles. The Morgan fingerprint density at radius 1 is 1.31 bits per heavy atom. The molecular weight excluding hydrogens is 211 g/mol. The van der Waals surface area contributed by atoms with Gasteiger partial charge in [-0.05, 0) is 0 Å². The van der Waals surface area contributed by atoms with E-state index in [1.807, 2.05) is 0 Å². The Bertz CT molecular complexity index is 231. The zero-order valence-electron chi connectivity index (χ0n) is 9.53. The van der Waals surface area contributed by atoms with Gasteiger partial charge in [0.25, 0.3) is 6.47 Å². The van der Waals surface area contributed by atoms with E-state index < -0.39 is 5.92 Å². The molecule has 16 heavy (non-hydrogen) atoms. The van der Waals surface area contributed by atoms with Gasteiger partial charge in [0.05, 0.1) is 0 Å². The third kappa shape index (κ3) is 3.72. The van der Waals surface area contributed by atoms with E-state index in [1.165, 1.54) is 6.42 Å². The molecule has 1 N–H and O–H groups in total. The quantitative estimate of drug-likeness (QED) is 0.544. The van der Waals surface area contributed by atoms with Gasteiger partial charge in [-0.2, -0.15) is 0 Å². The van der Waals surface area contributed by atoms with Crippen LogP contribution in [0.25, 0.3) is 0 Å². The van der Waals surface area contributed by atoms with E-state index in [0.717, 1.165) is 6.54 Å². The molecule has 2 rings (SSSR count). The van der Waals surface area contributed by atoms with Gasteiger partial charge in [0.1, 0.15) is 0 Å². The van der Waals surface area contributed by atoms with Crippen molar-refractivity contribution in [2.45, 2.75) is 48.8 Å². The molecule has 0 aromatic rings. The third-order valence-corrected chi connectivity index (χ3v) is 3.53. The summed E-state index contributed by atoms with van der Waals surface area (Å²) >= 11 is 2.19. The maximum absolute atomic E-state index is 12.8. The number of hydrogen-bond donors (Lipinski definition) is 1. The second-order valence-corrected chi connectivity index (χ2v) is 4.57. The van der Waals surface area contributed by atoms with Crippen molar-refractivity contribution in [2.24, 2.45) is 0 Å². The SMILES string of the molecule is O=CO.[Li][CH]1CCN1C1CCC(F)(F)CC1. The first-order chi connectivity index (χ1) is 7.50. The van der Waals surface area contributed by atoms with Crippen LogP contribution >= 0.6 is 0 Å². The van der Waals surface area contributed by atoms with Gasteiger partial charge in [0.2, 0.25) is 0 Å². The zero-order valence-corrected chi connectivity index (χ0v) is 9.53. The maximum atomic E-state index is 12.8. The van der Waals surface area contributed by atoms with E-state index >= 15 is 0 Å². The van der Waals surface area contributed by atoms with Crippen molar-refractivity contribution in [1.29, 1.82) is 0 Å². The van der Waals surface area contributed by atoms with E-state index in [2.05, 4.69) is 22.6 Å². The Balaban J connectivity index is 0.000000386. The zero-order chi connectivity index (χ0) is 12.2. The first kappa shape index (κ1) is 14.0. The normalized spacial score (nSPS) is 29.9. The summed E-state index contributed by atoms with van der Waals surface area (Å²) in [5.74, 6) is -2.37. The third-order valence-electron chi connectivity index (χ3n) is 3.53. The molecule has 1 saturated heterocycles. The molecule has 0 bridgehead atoms. The fourth-order valence-corrected chi connectivity index (χ4v) is 2.44. The molecule has 2 aliphatic rings. The van der Waals surface area contributed by atoms with E-state index in [0.29, 0.717) is 23.6 Å². The molecule has 1 aliphatic heterocycles. The molecule has 1 atom stereocenters. The molecule has 0 aromatic carbocycles. The number of carboxylic acid groups (broad SMARTS) is 1. The molecule has 0 aromatic heterocycles. The summed E-state index contributed by atoms with van der Waals surface area (Å²) in [6, 6.07) is 0.448. The molecule has 88 valence electrons. The van der Waals surface area contributed by atoms with Crippen molar-refractivity contribution in [3.63, 3.8) is 0 Å². The summed E-state index contributed by atoms with van der Waals surface area (Å²) in [5, 5.41) is 6.89. The summed E-state index contributed by atoms with van der Waals surface area (Å²) < 4.78 is 26.3. The second-order valence-electron chi connectivity index (χ2n) is 4.57. The number of carbonyl (C=O) groups is 1. The monoisotopic (exact) mass is 227 g/mol. The van der Waals surface area contributed by atoms with Crippen molar-refractivity contribution < 1.29 is 18.7 Å². The standard InChI is InChI=1S/C9H14F2N.CH2O2.Li/c10-9(11)4-2-8(3-5-9)12-6-1-7-12;2-1-3;/h6,8H,1-5,7H2;1H,(H,2,3);. The molecule has 0 radical (unpaired) electrons. The van der Waals surface area contributed by atoms with E-state index in [1.54, 1.807) is 0 Å². The van der Waals surface area contributed by atoms with Crippen LogP contribution < -0.4 is 0 Å². The first-order valence-electron chi connectivity index (χ1n) is 5.71. The van der Waals surface area contributed by atoms with Crippen LogP contribution in [0.1, 0.15) is 32.1 Å². The summed E-state index contributed by atoms with van der Waals surface area (Å²) in [6.07, 6.45) is 2.82. The van der Waals surface area contributed by atoms with Gasteiger partial charge < -0.3 is 5.11 Å². The van der Waals surface area contributed by atoms with E-state index in [-0.39, 0.29) is 19.3 Å². The van der Waals surface area contributed by atoms with Gasteiger partial charge in [-0.15, -0.1) is 0 Å². The Morgan fingerprint density at radius 3 is 2.12 bits per heavy atom. The van der Waals surface area contributed by atoms with E-state index in [4.69, 9.17) is 9.90 Å². The molecule has 1 aliphatic carbocycles. The molecule has 2 fully saturated rings. The van der Waals surface area contributed by atoms with Gasteiger partial charge in [-0.1, -0.05) is 0 Å². The van der Waals surface area contributed by atoms with Crippen LogP contribution in [0, 0.1) is 0 Å². The number of halogens is 2. The predicted octanol–water partition coefficient (Wildman–Crippen LogP) is 1.47. The van der Waals surface area contributed by atoms with Gasteiger partial charge in [-0.25, -0.2) is 0 Å². The Kier molecular flexibility index (Phi) is 5.23.